The van der Waals surface area contributed by atoms with E-state index in [1.807, 2.05) is 36.4 Å². The van der Waals surface area contributed by atoms with Crippen molar-refractivity contribution in [1.29, 1.82) is 0 Å². The van der Waals surface area contributed by atoms with E-state index in [-0.39, 0.29) is 17.8 Å². The monoisotopic (exact) mass is 530 g/mol. The summed E-state index contributed by atoms with van der Waals surface area (Å²) in [4.78, 5) is 0. The van der Waals surface area contributed by atoms with E-state index in [9.17, 15) is 8.42 Å². The molecular weight excluding hydrogens is 507 g/mol. The molecule has 3 rings (SSSR count). The average molecular weight is 532 g/mol. The fourth-order valence-electron chi connectivity index (χ4n) is 3.36. The highest BCUT2D eigenvalue weighted by molar-refractivity contribution is 7.89. The molecule has 0 unspecified atom stereocenters. The molecule has 10 heteroatoms. The lowest BCUT2D eigenvalue weighted by Crippen LogP contribution is -2.19. The number of sulfone groups is 1. The Morgan fingerprint density at radius 1 is 1.03 bits per heavy atom. The maximum absolute atomic E-state index is 11.6. The van der Waals surface area contributed by atoms with Crippen LogP contribution in [0, 0.1) is 0 Å². The molecule has 0 saturated heterocycles. The van der Waals surface area contributed by atoms with Crippen LogP contribution in [0.25, 0.3) is 0 Å². The van der Waals surface area contributed by atoms with Crippen molar-refractivity contribution in [3.63, 3.8) is 0 Å². The number of alkyl halides is 1. The normalized spacial score (nSPS) is 12.1. The van der Waals surface area contributed by atoms with Gasteiger partial charge < -0.3 is 9.47 Å². The number of nitrogens with zero attached hydrogens (tertiary/aromatic N) is 1. The van der Waals surface area contributed by atoms with Gasteiger partial charge in [-0.05, 0) is 35.4 Å². The van der Waals surface area contributed by atoms with Gasteiger partial charge in [-0.3, -0.25) is 5.10 Å². The van der Waals surface area contributed by atoms with Gasteiger partial charge in [0.1, 0.15) is 19.0 Å². The Labute approximate surface area is 209 Å². The van der Waals surface area contributed by atoms with E-state index in [0.29, 0.717) is 45.3 Å². The Bertz CT molecular complexity index is 1190. The molecule has 0 atom stereocenters. The molecule has 3 aromatic rings. The van der Waals surface area contributed by atoms with Gasteiger partial charge in [0.15, 0.2) is 15.6 Å². The number of ether oxygens (including phenoxy) is 2. The van der Waals surface area contributed by atoms with Crippen molar-refractivity contribution >= 4 is 44.6 Å². The number of nitrogens with one attached hydrogen (secondary N) is 1. The maximum atomic E-state index is 11.6. The minimum Gasteiger partial charge on any atom is -0.489 e. The van der Waals surface area contributed by atoms with Gasteiger partial charge in [0.25, 0.3) is 0 Å². The van der Waals surface area contributed by atoms with E-state index in [4.69, 9.17) is 44.3 Å². The van der Waals surface area contributed by atoms with Gasteiger partial charge in [0, 0.05) is 17.2 Å². The highest BCUT2D eigenvalue weighted by Crippen LogP contribution is 2.40. The highest BCUT2D eigenvalue weighted by Gasteiger charge is 2.25. The van der Waals surface area contributed by atoms with Crippen LogP contribution in [0.3, 0.4) is 0 Å². The average Bonchev–Trinajstić information content (AvgIpc) is 3.17. The summed E-state index contributed by atoms with van der Waals surface area (Å²) >= 11 is 18.5. The predicted molar refractivity (Wildman–Crippen MR) is 133 cm³/mol. The Hall–Kier alpha value is -1.93. The zero-order chi connectivity index (χ0) is 24.2. The van der Waals surface area contributed by atoms with Gasteiger partial charge in [-0.2, -0.15) is 5.10 Å². The minimum absolute atomic E-state index is 0.0872. The number of hydrogen-bond acceptors (Lipinski definition) is 5. The molecule has 0 saturated carbocycles. The topological polar surface area (TPSA) is 81.3 Å². The van der Waals surface area contributed by atoms with E-state index in [2.05, 4.69) is 24.0 Å². The second kappa shape index (κ2) is 10.6. The molecule has 0 bridgehead atoms. The van der Waals surface area contributed by atoms with Crippen LogP contribution in [0.5, 0.6) is 11.5 Å². The van der Waals surface area contributed by atoms with Gasteiger partial charge in [-0.15, -0.1) is 11.6 Å². The Morgan fingerprint density at radius 3 is 2.24 bits per heavy atom. The van der Waals surface area contributed by atoms with Crippen molar-refractivity contribution in [3.05, 3.63) is 75.0 Å². The summed E-state index contributed by atoms with van der Waals surface area (Å²) in [5.41, 5.74) is 2.82. The first-order valence-corrected chi connectivity index (χ1v) is 13.5. The number of aromatic nitrogens is 2. The number of benzene rings is 2. The Morgan fingerprint density at radius 2 is 1.67 bits per heavy atom. The van der Waals surface area contributed by atoms with Crippen LogP contribution in [0.1, 0.15) is 36.2 Å². The lowest BCUT2D eigenvalue weighted by molar-refractivity contribution is 0.300. The van der Waals surface area contributed by atoms with Crippen molar-refractivity contribution in [3.8, 4) is 11.5 Å². The van der Waals surface area contributed by atoms with Crippen molar-refractivity contribution in [2.75, 3.05) is 18.7 Å². The molecule has 6 nitrogen and oxygen atoms in total. The molecule has 0 aliphatic heterocycles. The molecule has 0 radical (unpaired) electrons. The summed E-state index contributed by atoms with van der Waals surface area (Å²) in [5.74, 6) is 1.33. The van der Waals surface area contributed by atoms with Gasteiger partial charge >= 0.3 is 0 Å². The Balaban J connectivity index is 1.74. The SMILES string of the molecule is CC(C)(c1ccc(OCc2[nH]ncc2CS(C)(=O)=O)cc1)c1cc(Cl)c(OCCCl)c(Cl)c1. The fraction of sp³-hybridized carbons (Fsp3) is 0.348. The number of aromatic amines is 1. The third-order valence-electron chi connectivity index (χ3n) is 5.23. The lowest BCUT2D eigenvalue weighted by atomic mass is 9.78. The molecule has 0 amide bonds. The van der Waals surface area contributed by atoms with E-state index < -0.39 is 9.84 Å². The molecule has 178 valence electrons. The summed E-state index contributed by atoms with van der Waals surface area (Å²) in [5, 5.41) is 7.59. The second-order valence-electron chi connectivity index (χ2n) is 8.19. The smallest absolute Gasteiger partial charge is 0.156 e. The van der Waals surface area contributed by atoms with Crippen LogP contribution in [-0.2, 0) is 27.6 Å². The molecule has 1 N–H and O–H groups in total. The van der Waals surface area contributed by atoms with Crippen molar-refractivity contribution < 1.29 is 17.9 Å². The highest BCUT2D eigenvalue weighted by atomic mass is 35.5. The van der Waals surface area contributed by atoms with Gasteiger partial charge in [0.2, 0.25) is 0 Å². The van der Waals surface area contributed by atoms with Crippen molar-refractivity contribution in [2.24, 2.45) is 0 Å². The van der Waals surface area contributed by atoms with Crippen LogP contribution < -0.4 is 9.47 Å². The summed E-state index contributed by atoms with van der Waals surface area (Å²) in [6.07, 6.45) is 2.69. The largest absolute Gasteiger partial charge is 0.489 e. The van der Waals surface area contributed by atoms with Gasteiger partial charge in [-0.25, -0.2) is 8.42 Å². The zero-order valence-electron chi connectivity index (χ0n) is 18.5. The number of rotatable bonds is 10. The third-order valence-corrected chi connectivity index (χ3v) is 6.78. The molecule has 2 aromatic carbocycles. The van der Waals surface area contributed by atoms with Crippen molar-refractivity contribution in [2.45, 2.75) is 31.6 Å². The van der Waals surface area contributed by atoms with Crippen LogP contribution in [0.15, 0.2) is 42.6 Å². The number of halogens is 3. The number of hydrogen-bond donors (Lipinski definition) is 1. The third kappa shape index (κ3) is 6.57. The van der Waals surface area contributed by atoms with E-state index >= 15 is 0 Å². The molecule has 33 heavy (non-hydrogen) atoms. The molecule has 1 aromatic heterocycles. The van der Waals surface area contributed by atoms with Gasteiger partial charge in [0.05, 0.1) is 33.6 Å². The first-order chi connectivity index (χ1) is 15.5. The van der Waals surface area contributed by atoms with E-state index in [0.717, 1.165) is 11.1 Å². The summed E-state index contributed by atoms with van der Waals surface area (Å²) in [7, 11) is -3.16. The molecule has 0 aliphatic rings. The fourth-order valence-corrected chi connectivity index (χ4v) is 4.85. The van der Waals surface area contributed by atoms with E-state index in [1.54, 1.807) is 0 Å². The summed E-state index contributed by atoms with van der Waals surface area (Å²) in [6, 6.07) is 11.4. The quantitative estimate of drug-likeness (QED) is 0.335. The minimum atomic E-state index is -3.16. The first kappa shape index (κ1) is 25.7. The zero-order valence-corrected chi connectivity index (χ0v) is 21.6. The van der Waals surface area contributed by atoms with Crippen LogP contribution in [0.2, 0.25) is 10.0 Å². The second-order valence-corrected chi connectivity index (χ2v) is 11.5. The summed E-state index contributed by atoms with van der Waals surface area (Å²) in [6.45, 7) is 4.65. The summed E-state index contributed by atoms with van der Waals surface area (Å²) < 4.78 is 34.5. The molecule has 0 fully saturated rings. The standard InChI is InChI=1S/C23H25Cl3N2O4S/c1-23(2,17-10-19(25)22(20(26)11-17)31-9-8-24)16-4-6-18(7-5-16)32-13-21-15(12-27-28-21)14-33(3,29)30/h4-7,10-12H,8-9,13-14H2,1-3H3,(H,27,28). The number of H-pyrrole nitrogens is 1. The lowest BCUT2D eigenvalue weighted by Gasteiger charge is -2.27. The predicted octanol–water partition coefficient (Wildman–Crippen LogP) is 5.78. The maximum Gasteiger partial charge on any atom is 0.156 e. The van der Waals surface area contributed by atoms with Crippen molar-refractivity contribution in [1.82, 2.24) is 10.2 Å². The molecular formula is C23H25Cl3N2O4S. The molecule has 0 spiro atoms. The van der Waals surface area contributed by atoms with Gasteiger partial charge in [-0.1, -0.05) is 49.2 Å². The van der Waals surface area contributed by atoms with Crippen LogP contribution >= 0.6 is 34.8 Å². The van der Waals surface area contributed by atoms with E-state index in [1.165, 1.54) is 12.5 Å². The van der Waals surface area contributed by atoms with Crippen LogP contribution in [0.4, 0.5) is 0 Å². The molecule has 0 aliphatic carbocycles. The first-order valence-electron chi connectivity index (χ1n) is 10.1. The molecule has 1 heterocycles. The van der Waals surface area contributed by atoms with Crippen LogP contribution in [-0.4, -0.2) is 37.4 Å². The Kier molecular flexibility index (Phi) is 8.22.